The van der Waals surface area contributed by atoms with E-state index in [1.165, 1.54) is 6.07 Å². The topological polar surface area (TPSA) is 30.7 Å². The van der Waals surface area contributed by atoms with Crippen LogP contribution in [0.2, 0.25) is 0 Å². The van der Waals surface area contributed by atoms with Crippen LogP contribution >= 0.6 is 11.6 Å². The highest BCUT2D eigenvalue weighted by molar-refractivity contribution is 6.17. The molecule has 21 heavy (non-hydrogen) atoms. The van der Waals surface area contributed by atoms with Gasteiger partial charge in [0.25, 0.3) is 0 Å². The van der Waals surface area contributed by atoms with Crippen LogP contribution in [0.4, 0.5) is 4.39 Å². The van der Waals surface area contributed by atoms with Crippen molar-refractivity contribution in [3.05, 3.63) is 59.9 Å². The summed E-state index contributed by atoms with van der Waals surface area (Å²) in [6.45, 7) is 2.03. The maximum atomic E-state index is 14.0. The van der Waals surface area contributed by atoms with Gasteiger partial charge in [0.15, 0.2) is 5.82 Å². The quantitative estimate of drug-likeness (QED) is 0.683. The van der Waals surface area contributed by atoms with E-state index in [0.29, 0.717) is 17.8 Å². The Morgan fingerprint density at radius 2 is 2.10 bits per heavy atom. The molecule has 0 spiro atoms. The van der Waals surface area contributed by atoms with Gasteiger partial charge in [-0.3, -0.25) is 4.98 Å². The van der Waals surface area contributed by atoms with E-state index in [1.54, 1.807) is 12.3 Å². The fraction of sp³-hybridized carbons (Fsp3) is 0.250. The molecule has 0 aliphatic heterocycles. The van der Waals surface area contributed by atoms with Crippen molar-refractivity contribution in [2.24, 2.45) is 0 Å². The molecule has 0 saturated carbocycles. The van der Waals surface area contributed by atoms with Crippen LogP contribution in [-0.2, 0) is 6.42 Å². The molecule has 0 amide bonds. The van der Waals surface area contributed by atoms with Crippen LogP contribution in [0.5, 0.6) is 0 Å². The molecule has 1 unspecified atom stereocenters. The predicted molar refractivity (Wildman–Crippen MR) is 82.2 cm³/mol. The SMILES string of the molecule is CC(c1ccccn1)n1c(CCCl)nc2c(F)cccc21. The van der Waals surface area contributed by atoms with E-state index >= 15 is 0 Å². The van der Waals surface area contributed by atoms with Crippen LogP contribution in [0.1, 0.15) is 24.5 Å². The number of rotatable bonds is 4. The molecule has 0 aliphatic carbocycles. The Morgan fingerprint density at radius 3 is 2.81 bits per heavy atom. The number of alkyl halides is 1. The average molecular weight is 304 g/mol. The van der Waals surface area contributed by atoms with Crippen molar-refractivity contribution in [3.8, 4) is 0 Å². The number of hydrogen-bond donors (Lipinski definition) is 0. The van der Waals surface area contributed by atoms with Gasteiger partial charge >= 0.3 is 0 Å². The summed E-state index contributed by atoms with van der Waals surface area (Å²) in [6.07, 6.45) is 2.35. The number of pyridine rings is 1. The van der Waals surface area contributed by atoms with E-state index in [0.717, 1.165) is 17.0 Å². The summed E-state index contributed by atoms with van der Waals surface area (Å²) in [4.78, 5) is 8.81. The summed E-state index contributed by atoms with van der Waals surface area (Å²) in [5.41, 5.74) is 2.07. The lowest BCUT2D eigenvalue weighted by Crippen LogP contribution is -2.12. The molecular weight excluding hydrogens is 289 g/mol. The fourth-order valence-electron chi connectivity index (χ4n) is 2.58. The molecule has 0 radical (unpaired) electrons. The number of halogens is 2. The van der Waals surface area contributed by atoms with Crippen LogP contribution in [0.25, 0.3) is 11.0 Å². The number of para-hydroxylation sites is 1. The molecular formula is C16H15ClFN3. The minimum Gasteiger partial charge on any atom is -0.319 e. The summed E-state index contributed by atoms with van der Waals surface area (Å²) in [7, 11) is 0. The molecule has 3 aromatic rings. The summed E-state index contributed by atoms with van der Waals surface area (Å²) in [6, 6.07) is 10.8. The molecule has 0 aliphatic rings. The molecule has 3 rings (SSSR count). The molecule has 0 fully saturated rings. The van der Waals surface area contributed by atoms with Gasteiger partial charge in [0.05, 0.1) is 17.3 Å². The highest BCUT2D eigenvalue weighted by Crippen LogP contribution is 2.26. The van der Waals surface area contributed by atoms with E-state index in [-0.39, 0.29) is 11.9 Å². The monoisotopic (exact) mass is 303 g/mol. The lowest BCUT2D eigenvalue weighted by molar-refractivity contribution is 0.607. The van der Waals surface area contributed by atoms with Crippen molar-refractivity contribution in [2.45, 2.75) is 19.4 Å². The van der Waals surface area contributed by atoms with Crippen molar-refractivity contribution in [1.82, 2.24) is 14.5 Å². The normalized spacial score (nSPS) is 12.7. The van der Waals surface area contributed by atoms with E-state index in [4.69, 9.17) is 11.6 Å². The summed E-state index contributed by atoms with van der Waals surface area (Å²) in [5.74, 6) is 0.915. The first-order valence-electron chi connectivity index (χ1n) is 6.84. The molecule has 0 bridgehead atoms. The van der Waals surface area contributed by atoms with E-state index in [1.807, 2.05) is 35.8 Å². The second-order valence-corrected chi connectivity index (χ2v) is 5.25. The van der Waals surface area contributed by atoms with Gasteiger partial charge in [-0.1, -0.05) is 12.1 Å². The first-order valence-corrected chi connectivity index (χ1v) is 7.38. The molecule has 3 nitrogen and oxygen atoms in total. The number of aryl methyl sites for hydroxylation is 1. The van der Waals surface area contributed by atoms with Gasteiger partial charge in [0.1, 0.15) is 11.3 Å². The first-order chi connectivity index (χ1) is 10.2. The number of aromatic nitrogens is 3. The Morgan fingerprint density at radius 1 is 1.24 bits per heavy atom. The predicted octanol–water partition coefficient (Wildman–Crippen LogP) is 3.96. The third-order valence-electron chi connectivity index (χ3n) is 3.57. The summed E-state index contributed by atoms with van der Waals surface area (Å²) < 4.78 is 16.0. The Hall–Kier alpha value is -1.94. The van der Waals surface area contributed by atoms with Gasteiger partial charge in [-0.2, -0.15) is 0 Å². The Bertz CT molecular complexity index is 755. The van der Waals surface area contributed by atoms with Crippen molar-refractivity contribution in [1.29, 1.82) is 0 Å². The Kier molecular flexibility index (Phi) is 3.88. The number of nitrogens with zero attached hydrogens (tertiary/aromatic N) is 3. The van der Waals surface area contributed by atoms with Crippen LogP contribution < -0.4 is 0 Å². The van der Waals surface area contributed by atoms with Gasteiger partial charge in [0.2, 0.25) is 0 Å². The van der Waals surface area contributed by atoms with Crippen LogP contribution in [0, 0.1) is 5.82 Å². The molecule has 2 aromatic heterocycles. The molecule has 108 valence electrons. The Balaban J connectivity index is 2.20. The minimum absolute atomic E-state index is 0.0313. The summed E-state index contributed by atoms with van der Waals surface area (Å²) >= 11 is 5.86. The third-order valence-corrected chi connectivity index (χ3v) is 3.75. The highest BCUT2D eigenvalue weighted by atomic mass is 35.5. The molecule has 1 aromatic carbocycles. The largest absolute Gasteiger partial charge is 0.319 e. The third kappa shape index (κ3) is 2.51. The molecule has 0 N–H and O–H groups in total. The van der Waals surface area contributed by atoms with Gasteiger partial charge in [-0.05, 0) is 31.2 Å². The maximum Gasteiger partial charge on any atom is 0.151 e. The van der Waals surface area contributed by atoms with E-state index < -0.39 is 0 Å². The summed E-state index contributed by atoms with van der Waals surface area (Å²) in [5, 5.41) is 0. The number of imidazole rings is 1. The van der Waals surface area contributed by atoms with Crippen molar-refractivity contribution in [2.75, 3.05) is 5.88 Å². The molecule has 2 heterocycles. The zero-order valence-electron chi connectivity index (χ0n) is 11.6. The zero-order chi connectivity index (χ0) is 14.8. The lowest BCUT2D eigenvalue weighted by Gasteiger charge is -2.17. The van der Waals surface area contributed by atoms with Crippen molar-refractivity contribution in [3.63, 3.8) is 0 Å². The molecule has 0 saturated heterocycles. The van der Waals surface area contributed by atoms with Crippen LogP contribution in [-0.4, -0.2) is 20.4 Å². The zero-order valence-corrected chi connectivity index (χ0v) is 12.4. The van der Waals surface area contributed by atoms with Gasteiger partial charge in [-0.15, -0.1) is 11.6 Å². The second kappa shape index (κ2) is 5.82. The van der Waals surface area contributed by atoms with E-state index in [9.17, 15) is 4.39 Å². The number of hydrogen-bond acceptors (Lipinski definition) is 2. The molecule has 5 heteroatoms. The van der Waals surface area contributed by atoms with Gasteiger partial charge in [-0.25, -0.2) is 9.37 Å². The maximum absolute atomic E-state index is 14.0. The first kappa shape index (κ1) is 14.0. The highest BCUT2D eigenvalue weighted by Gasteiger charge is 2.19. The fourth-order valence-corrected chi connectivity index (χ4v) is 2.75. The lowest BCUT2D eigenvalue weighted by atomic mass is 10.2. The van der Waals surface area contributed by atoms with Gasteiger partial charge < -0.3 is 4.57 Å². The number of benzene rings is 1. The standard InChI is InChI=1S/C16H15ClFN3/c1-11(13-6-2-3-10-19-13)21-14-7-4-5-12(18)16(14)20-15(21)8-9-17/h2-7,10-11H,8-9H2,1H3. The minimum atomic E-state index is -0.310. The molecule has 1 atom stereocenters. The van der Waals surface area contributed by atoms with Crippen molar-refractivity contribution >= 4 is 22.6 Å². The van der Waals surface area contributed by atoms with Crippen LogP contribution in [0.3, 0.4) is 0 Å². The Labute approximate surface area is 127 Å². The average Bonchev–Trinajstić information content (AvgIpc) is 2.87. The number of fused-ring (bicyclic) bond motifs is 1. The van der Waals surface area contributed by atoms with Crippen molar-refractivity contribution < 1.29 is 4.39 Å². The smallest absolute Gasteiger partial charge is 0.151 e. The van der Waals surface area contributed by atoms with Gasteiger partial charge in [0, 0.05) is 18.5 Å². The second-order valence-electron chi connectivity index (χ2n) is 4.88. The van der Waals surface area contributed by atoms with Crippen LogP contribution in [0.15, 0.2) is 42.6 Å². The van der Waals surface area contributed by atoms with E-state index in [2.05, 4.69) is 9.97 Å².